The molecule has 1 aromatic heterocycles. The lowest BCUT2D eigenvalue weighted by atomic mass is 9.94. The van der Waals surface area contributed by atoms with Gasteiger partial charge >= 0.3 is 0 Å². The number of furan rings is 1. The van der Waals surface area contributed by atoms with Crippen molar-refractivity contribution in [3.8, 4) is 0 Å². The van der Waals surface area contributed by atoms with Gasteiger partial charge in [-0.2, -0.15) is 0 Å². The van der Waals surface area contributed by atoms with Crippen LogP contribution in [0.15, 0.2) is 34.3 Å². The van der Waals surface area contributed by atoms with Crippen LogP contribution in [0, 0.1) is 5.92 Å². The second-order valence-electron chi connectivity index (χ2n) is 4.90. The van der Waals surface area contributed by atoms with Crippen LogP contribution in [0.4, 0.5) is 0 Å². The average molecular weight is 212 g/mol. The van der Waals surface area contributed by atoms with Crippen LogP contribution in [0.5, 0.6) is 0 Å². The van der Waals surface area contributed by atoms with Crippen LogP contribution in [0.3, 0.4) is 0 Å². The maximum absolute atomic E-state index is 5.95. The summed E-state index contributed by atoms with van der Waals surface area (Å²) < 4.78 is 5.95. The maximum atomic E-state index is 5.95. The number of allylic oxidation sites excluding steroid dienone is 1. The third kappa shape index (κ3) is 1.18. The fraction of sp³-hybridized carbons (Fsp3) is 0.333. The SMILES string of the molecule is CC(C)C1=Cc2c(oc3ccccc23)C1C. The summed E-state index contributed by atoms with van der Waals surface area (Å²) in [5.41, 5.74) is 3.80. The molecule has 0 bridgehead atoms. The van der Waals surface area contributed by atoms with E-state index >= 15 is 0 Å². The summed E-state index contributed by atoms with van der Waals surface area (Å²) in [4.78, 5) is 0. The van der Waals surface area contributed by atoms with Crippen molar-refractivity contribution in [2.75, 3.05) is 0 Å². The van der Waals surface area contributed by atoms with Crippen LogP contribution in [0.25, 0.3) is 17.0 Å². The second kappa shape index (κ2) is 3.24. The van der Waals surface area contributed by atoms with E-state index in [1.165, 1.54) is 16.5 Å². The molecule has 1 heterocycles. The van der Waals surface area contributed by atoms with Crippen molar-refractivity contribution >= 4 is 17.0 Å². The lowest BCUT2D eigenvalue weighted by molar-refractivity contribution is 0.520. The molecule has 0 amide bonds. The molecule has 1 aliphatic carbocycles. The van der Waals surface area contributed by atoms with Gasteiger partial charge in [-0.1, -0.05) is 50.6 Å². The van der Waals surface area contributed by atoms with Crippen LogP contribution in [-0.2, 0) is 0 Å². The van der Waals surface area contributed by atoms with E-state index in [4.69, 9.17) is 4.42 Å². The van der Waals surface area contributed by atoms with Gasteiger partial charge in [0.2, 0.25) is 0 Å². The van der Waals surface area contributed by atoms with Crippen molar-refractivity contribution in [1.29, 1.82) is 0 Å². The molecule has 0 saturated heterocycles. The van der Waals surface area contributed by atoms with Gasteiger partial charge in [0.25, 0.3) is 0 Å². The van der Waals surface area contributed by atoms with Gasteiger partial charge in [-0.25, -0.2) is 0 Å². The van der Waals surface area contributed by atoms with E-state index in [0.29, 0.717) is 11.8 Å². The molecule has 0 N–H and O–H groups in total. The minimum atomic E-state index is 0.433. The largest absolute Gasteiger partial charge is 0.460 e. The van der Waals surface area contributed by atoms with E-state index in [-0.39, 0.29) is 0 Å². The van der Waals surface area contributed by atoms with Gasteiger partial charge in [0.05, 0.1) is 0 Å². The molecule has 1 aromatic carbocycles. The van der Waals surface area contributed by atoms with E-state index in [2.05, 4.69) is 39.0 Å². The molecule has 3 rings (SSSR count). The molecule has 1 heteroatoms. The molecule has 1 aliphatic rings. The highest BCUT2D eigenvalue weighted by Crippen LogP contribution is 2.44. The average Bonchev–Trinajstić information content (AvgIpc) is 2.76. The molecular weight excluding hydrogens is 196 g/mol. The minimum Gasteiger partial charge on any atom is -0.460 e. The summed E-state index contributed by atoms with van der Waals surface area (Å²) in [6, 6.07) is 8.29. The summed E-state index contributed by atoms with van der Waals surface area (Å²) in [5, 5.41) is 1.25. The first kappa shape index (κ1) is 9.71. The molecule has 0 saturated carbocycles. The second-order valence-corrected chi connectivity index (χ2v) is 4.90. The van der Waals surface area contributed by atoms with Gasteiger partial charge in [-0.05, 0) is 12.0 Å². The van der Waals surface area contributed by atoms with Crippen molar-refractivity contribution in [1.82, 2.24) is 0 Å². The Morgan fingerprint density at radius 2 is 1.94 bits per heavy atom. The fourth-order valence-electron chi connectivity index (χ4n) is 2.66. The number of para-hydroxylation sites is 1. The first-order chi connectivity index (χ1) is 7.68. The Labute approximate surface area is 95.8 Å². The topological polar surface area (TPSA) is 13.1 Å². The van der Waals surface area contributed by atoms with Gasteiger partial charge < -0.3 is 4.42 Å². The highest BCUT2D eigenvalue weighted by atomic mass is 16.3. The van der Waals surface area contributed by atoms with Crippen LogP contribution < -0.4 is 0 Å². The maximum Gasteiger partial charge on any atom is 0.134 e. The Kier molecular flexibility index (Phi) is 1.97. The van der Waals surface area contributed by atoms with E-state index in [1.54, 1.807) is 0 Å². The summed E-state index contributed by atoms with van der Waals surface area (Å²) in [6.45, 7) is 6.73. The monoisotopic (exact) mass is 212 g/mol. The summed E-state index contributed by atoms with van der Waals surface area (Å²) in [5.74, 6) is 2.17. The Morgan fingerprint density at radius 1 is 1.19 bits per heavy atom. The third-order valence-corrected chi connectivity index (χ3v) is 3.53. The lowest BCUT2D eigenvalue weighted by Crippen LogP contribution is -1.98. The van der Waals surface area contributed by atoms with Crippen molar-refractivity contribution in [2.24, 2.45) is 5.92 Å². The van der Waals surface area contributed by atoms with Crippen molar-refractivity contribution < 1.29 is 4.42 Å². The number of fused-ring (bicyclic) bond motifs is 3. The Bertz CT molecular complexity index is 572. The fourth-order valence-corrected chi connectivity index (χ4v) is 2.66. The van der Waals surface area contributed by atoms with Crippen molar-refractivity contribution in [3.05, 3.63) is 41.2 Å². The molecule has 16 heavy (non-hydrogen) atoms. The third-order valence-electron chi connectivity index (χ3n) is 3.53. The quantitative estimate of drug-likeness (QED) is 0.673. The zero-order valence-electron chi connectivity index (χ0n) is 9.95. The first-order valence-electron chi connectivity index (χ1n) is 5.91. The van der Waals surface area contributed by atoms with E-state index in [1.807, 2.05) is 12.1 Å². The number of hydrogen-bond donors (Lipinski definition) is 0. The molecule has 0 spiro atoms. The van der Waals surface area contributed by atoms with Crippen LogP contribution in [0.2, 0.25) is 0 Å². The van der Waals surface area contributed by atoms with E-state index in [9.17, 15) is 0 Å². The van der Waals surface area contributed by atoms with Crippen LogP contribution in [0.1, 0.15) is 38.0 Å². The summed E-state index contributed by atoms with van der Waals surface area (Å²) >= 11 is 0. The smallest absolute Gasteiger partial charge is 0.134 e. The molecule has 1 unspecified atom stereocenters. The molecule has 2 aromatic rings. The number of rotatable bonds is 1. The lowest BCUT2D eigenvalue weighted by Gasteiger charge is -2.12. The molecule has 0 radical (unpaired) electrons. The molecule has 0 fully saturated rings. The minimum absolute atomic E-state index is 0.433. The Hall–Kier alpha value is -1.50. The van der Waals surface area contributed by atoms with Gasteiger partial charge in [-0.15, -0.1) is 0 Å². The summed E-state index contributed by atoms with van der Waals surface area (Å²) in [7, 11) is 0. The van der Waals surface area contributed by atoms with Gasteiger partial charge in [0.1, 0.15) is 11.3 Å². The predicted octanol–water partition coefficient (Wildman–Crippen LogP) is 4.59. The number of benzene rings is 1. The molecular formula is C15H16O. The van der Waals surface area contributed by atoms with E-state index in [0.717, 1.165) is 11.3 Å². The molecule has 82 valence electrons. The Balaban J connectivity index is 2.25. The zero-order chi connectivity index (χ0) is 11.3. The van der Waals surface area contributed by atoms with Gasteiger partial charge in [0, 0.05) is 16.9 Å². The summed E-state index contributed by atoms with van der Waals surface area (Å²) in [6.07, 6.45) is 2.32. The van der Waals surface area contributed by atoms with E-state index < -0.39 is 0 Å². The zero-order valence-corrected chi connectivity index (χ0v) is 9.95. The normalized spacial score (nSPS) is 19.2. The van der Waals surface area contributed by atoms with Crippen molar-refractivity contribution in [2.45, 2.75) is 26.7 Å². The molecule has 0 aliphatic heterocycles. The van der Waals surface area contributed by atoms with Crippen LogP contribution in [-0.4, -0.2) is 0 Å². The van der Waals surface area contributed by atoms with Crippen molar-refractivity contribution in [3.63, 3.8) is 0 Å². The van der Waals surface area contributed by atoms with Crippen LogP contribution >= 0.6 is 0 Å². The molecule has 1 atom stereocenters. The highest BCUT2D eigenvalue weighted by molar-refractivity contribution is 5.91. The van der Waals surface area contributed by atoms with Gasteiger partial charge in [-0.3, -0.25) is 0 Å². The highest BCUT2D eigenvalue weighted by Gasteiger charge is 2.28. The standard InChI is InChI=1S/C15H16O/c1-9(2)12-8-13-11-6-4-5-7-14(11)16-15(13)10(12)3/h4-10H,1-3H3. The predicted molar refractivity (Wildman–Crippen MR) is 67.4 cm³/mol. The van der Waals surface area contributed by atoms with Gasteiger partial charge in [0.15, 0.2) is 0 Å². The Morgan fingerprint density at radius 3 is 2.69 bits per heavy atom. The molecule has 1 nitrogen and oxygen atoms in total. The number of hydrogen-bond acceptors (Lipinski definition) is 1. The first-order valence-corrected chi connectivity index (χ1v) is 5.91.